The van der Waals surface area contributed by atoms with E-state index in [9.17, 15) is 13.2 Å². The van der Waals surface area contributed by atoms with Gasteiger partial charge in [-0.25, -0.2) is 13.1 Å². The molecule has 1 aromatic rings. The van der Waals surface area contributed by atoms with Crippen LogP contribution in [-0.2, 0) is 10.0 Å². The van der Waals surface area contributed by atoms with Crippen LogP contribution in [0.25, 0.3) is 0 Å². The number of nitrogens with two attached hydrogens (primary N) is 1. The fourth-order valence-corrected chi connectivity index (χ4v) is 2.22. The lowest BCUT2D eigenvalue weighted by Crippen LogP contribution is -2.30. The minimum atomic E-state index is -3.52. The smallest absolute Gasteiger partial charge is 0.248 e. The van der Waals surface area contributed by atoms with Crippen molar-refractivity contribution in [1.29, 1.82) is 0 Å². The van der Waals surface area contributed by atoms with Crippen LogP contribution in [0.3, 0.4) is 0 Å². The molecule has 94 valence electrons. The summed E-state index contributed by atoms with van der Waals surface area (Å²) < 4.78 is 25.9. The number of hydrogen-bond acceptors (Lipinski definition) is 4. The van der Waals surface area contributed by atoms with Crippen LogP contribution >= 0.6 is 0 Å². The number of nitrogens with one attached hydrogen (secondary N) is 2. The lowest BCUT2D eigenvalue weighted by molar-refractivity contribution is 0.1000. The molecular weight excluding hydrogens is 242 g/mol. The van der Waals surface area contributed by atoms with Crippen LogP contribution in [0.4, 0.5) is 0 Å². The van der Waals surface area contributed by atoms with Crippen LogP contribution in [-0.4, -0.2) is 34.5 Å². The van der Waals surface area contributed by atoms with E-state index in [1.165, 1.54) is 24.3 Å². The minimum absolute atomic E-state index is 0.110. The second kappa shape index (κ2) is 5.76. The Morgan fingerprint density at radius 1 is 1.24 bits per heavy atom. The van der Waals surface area contributed by atoms with Gasteiger partial charge in [-0.2, -0.15) is 0 Å². The Hall–Kier alpha value is -1.44. The summed E-state index contributed by atoms with van der Waals surface area (Å²) in [6.45, 7) is 0.842. The number of benzene rings is 1. The van der Waals surface area contributed by atoms with Gasteiger partial charge in [0.05, 0.1) is 4.90 Å². The average molecular weight is 257 g/mol. The maximum atomic E-state index is 11.7. The molecule has 0 atom stereocenters. The lowest BCUT2D eigenvalue weighted by atomic mass is 10.2. The van der Waals surface area contributed by atoms with E-state index in [-0.39, 0.29) is 10.5 Å². The van der Waals surface area contributed by atoms with Crippen molar-refractivity contribution in [3.8, 4) is 0 Å². The van der Waals surface area contributed by atoms with E-state index in [0.717, 1.165) is 0 Å². The quantitative estimate of drug-likeness (QED) is 0.585. The molecule has 0 saturated carbocycles. The Balaban J connectivity index is 2.81. The molecule has 0 aliphatic heterocycles. The van der Waals surface area contributed by atoms with Crippen molar-refractivity contribution in [2.45, 2.75) is 4.90 Å². The summed E-state index contributed by atoms with van der Waals surface area (Å²) in [7, 11) is -1.79. The number of amides is 1. The summed E-state index contributed by atoms with van der Waals surface area (Å²) in [4.78, 5) is 10.9. The molecule has 0 fully saturated rings. The molecule has 0 radical (unpaired) electrons. The summed E-state index contributed by atoms with van der Waals surface area (Å²) in [6, 6.07) is 5.47. The van der Waals surface area contributed by atoms with Gasteiger partial charge in [-0.1, -0.05) is 0 Å². The molecule has 6 nitrogen and oxygen atoms in total. The molecule has 0 bridgehead atoms. The van der Waals surface area contributed by atoms with Gasteiger partial charge in [-0.05, 0) is 31.3 Å². The van der Waals surface area contributed by atoms with Crippen molar-refractivity contribution >= 4 is 15.9 Å². The number of primary amides is 1. The Morgan fingerprint density at radius 2 is 1.82 bits per heavy atom. The molecule has 1 rings (SSSR count). The molecule has 0 spiro atoms. The molecule has 0 aromatic heterocycles. The molecular formula is C10H15N3O3S. The largest absolute Gasteiger partial charge is 0.366 e. The molecule has 0 aliphatic rings. The molecule has 0 heterocycles. The summed E-state index contributed by atoms with van der Waals surface area (Å²) in [5, 5.41) is 2.83. The highest BCUT2D eigenvalue weighted by Crippen LogP contribution is 2.09. The number of carbonyl (C=O) groups excluding carboxylic acids is 1. The van der Waals surface area contributed by atoms with Crippen LogP contribution < -0.4 is 15.8 Å². The van der Waals surface area contributed by atoms with E-state index >= 15 is 0 Å². The highest BCUT2D eigenvalue weighted by molar-refractivity contribution is 7.89. The summed E-state index contributed by atoms with van der Waals surface area (Å²) in [5.74, 6) is -0.586. The first-order valence-corrected chi connectivity index (χ1v) is 6.50. The van der Waals surface area contributed by atoms with Crippen molar-refractivity contribution in [1.82, 2.24) is 10.0 Å². The monoisotopic (exact) mass is 257 g/mol. The maximum absolute atomic E-state index is 11.7. The van der Waals surface area contributed by atoms with E-state index in [1.54, 1.807) is 7.05 Å². The lowest BCUT2D eigenvalue weighted by Gasteiger charge is -2.06. The van der Waals surface area contributed by atoms with Crippen molar-refractivity contribution in [2.24, 2.45) is 5.73 Å². The zero-order chi connectivity index (χ0) is 12.9. The Kier molecular flexibility index (Phi) is 4.62. The molecule has 7 heteroatoms. The van der Waals surface area contributed by atoms with Gasteiger partial charge < -0.3 is 11.1 Å². The van der Waals surface area contributed by atoms with Gasteiger partial charge in [0.1, 0.15) is 0 Å². The Labute approximate surface area is 100 Å². The summed E-state index contributed by atoms with van der Waals surface area (Å²) in [5.41, 5.74) is 5.34. The van der Waals surface area contributed by atoms with Crippen LogP contribution in [0.2, 0.25) is 0 Å². The van der Waals surface area contributed by atoms with E-state index in [0.29, 0.717) is 13.1 Å². The van der Waals surface area contributed by atoms with E-state index in [1.807, 2.05) is 0 Å². The molecule has 4 N–H and O–H groups in total. The Bertz CT molecular complexity index is 482. The predicted molar refractivity (Wildman–Crippen MR) is 64.1 cm³/mol. The van der Waals surface area contributed by atoms with E-state index in [4.69, 9.17) is 5.73 Å². The normalized spacial score (nSPS) is 11.4. The number of rotatable bonds is 6. The SMILES string of the molecule is CNCCNS(=O)(=O)c1ccc(C(N)=O)cc1. The minimum Gasteiger partial charge on any atom is -0.366 e. The summed E-state index contributed by atoms with van der Waals surface area (Å²) in [6.07, 6.45) is 0. The van der Waals surface area contributed by atoms with Gasteiger partial charge >= 0.3 is 0 Å². The molecule has 0 aliphatic carbocycles. The standard InChI is InChI=1S/C10H15N3O3S/c1-12-6-7-13-17(15,16)9-4-2-8(3-5-9)10(11)14/h2-5,12-13H,6-7H2,1H3,(H2,11,14). The maximum Gasteiger partial charge on any atom is 0.248 e. The van der Waals surface area contributed by atoms with Crippen molar-refractivity contribution in [2.75, 3.05) is 20.1 Å². The van der Waals surface area contributed by atoms with Crippen LogP contribution in [0.15, 0.2) is 29.2 Å². The van der Waals surface area contributed by atoms with Crippen LogP contribution in [0.1, 0.15) is 10.4 Å². The van der Waals surface area contributed by atoms with Gasteiger partial charge in [0.2, 0.25) is 15.9 Å². The highest BCUT2D eigenvalue weighted by atomic mass is 32.2. The molecule has 17 heavy (non-hydrogen) atoms. The second-order valence-corrected chi connectivity index (χ2v) is 5.16. The molecule has 1 aromatic carbocycles. The van der Waals surface area contributed by atoms with Gasteiger partial charge in [0, 0.05) is 18.7 Å². The van der Waals surface area contributed by atoms with Crippen LogP contribution in [0.5, 0.6) is 0 Å². The fraction of sp³-hybridized carbons (Fsp3) is 0.300. The molecule has 0 saturated heterocycles. The van der Waals surface area contributed by atoms with Crippen molar-refractivity contribution in [3.05, 3.63) is 29.8 Å². The Morgan fingerprint density at radius 3 is 2.29 bits per heavy atom. The number of sulfonamides is 1. The number of carbonyl (C=O) groups is 1. The second-order valence-electron chi connectivity index (χ2n) is 3.39. The fourth-order valence-electron chi connectivity index (χ4n) is 1.19. The topological polar surface area (TPSA) is 101 Å². The third-order valence-corrected chi connectivity index (χ3v) is 3.59. The first kappa shape index (κ1) is 13.6. The van der Waals surface area contributed by atoms with Crippen molar-refractivity contribution < 1.29 is 13.2 Å². The first-order valence-electron chi connectivity index (χ1n) is 5.01. The van der Waals surface area contributed by atoms with Gasteiger partial charge in [-0.3, -0.25) is 4.79 Å². The zero-order valence-electron chi connectivity index (χ0n) is 9.43. The predicted octanol–water partition coefficient (Wildman–Crippen LogP) is -0.717. The van der Waals surface area contributed by atoms with E-state index in [2.05, 4.69) is 10.0 Å². The van der Waals surface area contributed by atoms with Crippen LogP contribution in [0, 0.1) is 0 Å². The van der Waals surface area contributed by atoms with Gasteiger partial charge in [0.25, 0.3) is 0 Å². The third-order valence-electron chi connectivity index (χ3n) is 2.12. The first-order chi connectivity index (χ1) is 7.97. The molecule has 1 amide bonds. The highest BCUT2D eigenvalue weighted by Gasteiger charge is 2.13. The average Bonchev–Trinajstić information content (AvgIpc) is 2.29. The zero-order valence-corrected chi connectivity index (χ0v) is 10.3. The summed E-state index contributed by atoms with van der Waals surface area (Å²) >= 11 is 0. The van der Waals surface area contributed by atoms with Gasteiger partial charge in [-0.15, -0.1) is 0 Å². The number of likely N-dealkylation sites (N-methyl/N-ethyl adjacent to an activating group) is 1. The van der Waals surface area contributed by atoms with E-state index < -0.39 is 15.9 Å². The molecule has 0 unspecified atom stereocenters. The number of hydrogen-bond donors (Lipinski definition) is 3. The van der Waals surface area contributed by atoms with Gasteiger partial charge in [0.15, 0.2) is 0 Å². The third kappa shape index (κ3) is 3.81. The van der Waals surface area contributed by atoms with Crippen molar-refractivity contribution in [3.63, 3.8) is 0 Å².